The number of aliphatic hydroxyl groups is 3. The van der Waals surface area contributed by atoms with E-state index in [4.69, 9.17) is 11.5 Å². The van der Waals surface area contributed by atoms with Crippen LogP contribution in [0.5, 0.6) is 5.75 Å². The molecule has 0 unspecified atom stereocenters. The van der Waals surface area contributed by atoms with Crippen LogP contribution < -0.4 is 21.7 Å². The van der Waals surface area contributed by atoms with Crippen LogP contribution in [0, 0.1) is 11.8 Å². The number of hydrogen-bond acceptors (Lipinski definition) is 9. The number of fused-ring (bicyclic) bond motifs is 3. The van der Waals surface area contributed by atoms with E-state index < -0.39 is 52.0 Å². The van der Waals surface area contributed by atoms with E-state index in [-0.39, 0.29) is 53.8 Å². The summed E-state index contributed by atoms with van der Waals surface area (Å²) in [6.07, 6.45) is 5.06. The van der Waals surface area contributed by atoms with Crippen molar-refractivity contribution in [1.82, 2.24) is 0 Å². The van der Waals surface area contributed by atoms with Gasteiger partial charge < -0.3 is 42.1 Å². The molecule has 40 heavy (non-hydrogen) atoms. The van der Waals surface area contributed by atoms with Gasteiger partial charge in [-0.3, -0.25) is 14.4 Å². The minimum atomic E-state index is -2.61. The molecule has 9 N–H and O–H groups in total. The molecule has 0 aliphatic heterocycles. The maximum Gasteiger partial charge on any atom is 0.255 e. The Morgan fingerprint density at radius 3 is 2.40 bits per heavy atom. The van der Waals surface area contributed by atoms with Gasteiger partial charge in [-0.2, -0.15) is 0 Å². The van der Waals surface area contributed by atoms with Crippen molar-refractivity contribution >= 4 is 40.6 Å². The smallest absolute Gasteiger partial charge is 0.255 e. The SMILES string of the molecule is CN(C)c1cc(NC(N)=NC2CCCCC2)c(O)c2c1C[C@H]1C[C@H]3CC(=O)C(C(N)=O)=C(O)[C@@]3(O)C(=O)C1=C2O. The molecule has 0 spiro atoms. The van der Waals surface area contributed by atoms with Gasteiger partial charge in [-0.15, -0.1) is 0 Å². The Balaban J connectivity index is 1.62. The molecule has 0 saturated heterocycles. The number of rotatable bonds is 4. The maximum absolute atomic E-state index is 13.8. The molecule has 0 heterocycles. The first kappa shape index (κ1) is 27.5. The van der Waals surface area contributed by atoms with Gasteiger partial charge in [-0.05, 0) is 43.2 Å². The van der Waals surface area contributed by atoms with E-state index in [9.17, 15) is 34.8 Å². The third-order valence-electron chi connectivity index (χ3n) is 8.68. The fraction of sp³-hybridized carbons (Fsp3) is 0.500. The summed E-state index contributed by atoms with van der Waals surface area (Å²) < 4.78 is 0. The highest BCUT2D eigenvalue weighted by Crippen LogP contribution is 2.54. The van der Waals surface area contributed by atoms with Crippen LogP contribution in [0.25, 0.3) is 5.76 Å². The predicted octanol–water partition coefficient (Wildman–Crippen LogP) is 1.55. The van der Waals surface area contributed by atoms with Gasteiger partial charge >= 0.3 is 0 Å². The van der Waals surface area contributed by atoms with Crippen LogP contribution in [0.15, 0.2) is 28.0 Å². The summed E-state index contributed by atoms with van der Waals surface area (Å²) >= 11 is 0. The van der Waals surface area contributed by atoms with Crippen molar-refractivity contribution in [2.45, 2.75) is 63.0 Å². The van der Waals surface area contributed by atoms with Crippen molar-refractivity contribution in [3.05, 3.63) is 34.1 Å². The average molecular weight is 554 g/mol. The van der Waals surface area contributed by atoms with Crippen LogP contribution in [0.1, 0.15) is 56.1 Å². The quantitative estimate of drug-likeness (QED) is 0.124. The van der Waals surface area contributed by atoms with E-state index in [1.165, 1.54) is 0 Å². The van der Waals surface area contributed by atoms with E-state index in [2.05, 4.69) is 10.3 Å². The van der Waals surface area contributed by atoms with Crippen LogP contribution in [0.3, 0.4) is 0 Å². The van der Waals surface area contributed by atoms with Crippen LogP contribution in [0.2, 0.25) is 0 Å². The molecule has 0 radical (unpaired) electrons. The Hall–Kier alpha value is -4.06. The topological polar surface area (TPSA) is 212 Å². The molecule has 0 aromatic heterocycles. The number of nitrogens with two attached hydrogens (primary N) is 2. The second-order valence-corrected chi connectivity index (χ2v) is 11.4. The minimum Gasteiger partial charge on any atom is -0.508 e. The number of phenolic OH excluding ortho intramolecular Hbond substituents is 1. The number of nitrogens with one attached hydrogen (secondary N) is 1. The van der Waals surface area contributed by atoms with E-state index >= 15 is 0 Å². The zero-order valence-electron chi connectivity index (χ0n) is 22.5. The molecule has 1 aromatic carbocycles. The number of carbonyl (C=O) groups excluding carboxylic acids is 3. The first-order valence-corrected chi connectivity index (χ1v) is 13.5. The highest BCUT2D eigenvalue weighted by Gasteiger charge is 2.60. The van der Waals surface area contributed by atoms with Crippen LogP contribution >= 0.6 is 0 Å². The largest absolute Gasteiger partial charge is 0.508 e. The number of carbonyl (C=O) groups is 3. The first-order valence-electron chi connectivity index (χ1n) is 13.5. The van der Waals surface area contributed by atoms with Crippen LogP contribution in [0.4, 0.5) is 11.4 Å². The number of aliphatic imine (C=N–C) groups is 1. The number of Topliss-reactive ketones (excluding diaryl/α,β-unsaturated/α-hetero) is 2. The Kier molecular flexibility index (Phi) is 6.77. The fourth-order valence-corrected chi connectivity index (χ4v) is 6.74. The second kappa shape index (κ2) is 9.84. The molecule has 1 aromatic rings. The molecule has 2 fully saturated rings. The van der Waals surface area contributed by atoms with Crippen molar-refractivity contribution < 1.29 is 34.8 Å². The minimum absolute atomic E-state index is 0.00806. The van der Waals surface area contributed by atoms with Gasteiger partial charge in [-0.25, -0.2) is 4.99 Å². The normalized spacial score (nSPS) is 27.2. The summed E-state index contributed by atoms with van der Waals surface area (Å²) in [6, 6.07) is 1.77. The highest BCUT2D eigenvalue weighted by atomic mass is 16.3. The second-order valence-electron chi connectivity index (χ2n) is 11.4. The third kappa shape index (κ3) is 4.17. The number of guanidine groups is 1. The molecule has 12 heteroatoms. The van der Waals surface area contributed by atoms with Crippen molar-refractivity contribution in [3.8, 4) is 5.75 Å². The third-order valence-corrected chi connectivity index (χ3v) is 8.68. The first-order chi connectivity index (χ1) is 18.9. The van der Waals surface area contributed by atoms with Crippen LogP contribution in [-0.2, 0) is 20.8 Å². The number of ketones is 2. The number of primary amides is 1. The lowest BCUT2D eigenvalue weighted by Crippen LogP contribution is -2.58. The molecule has 12 nitrogen and oxygen atoms in total. The van der Waals surface area contributed by atoms with Gasteiger partial charge in [0.25, 0.3) is 5.91 Å². The molecule has 3 atom stereocenters. The van der Waals surface area contributed by atoms with Gasteiger partial charge in [0.1, 0.15) is 22.8 Å². The van der Waals surface area contributed by atoms with Crippen molar-refractivity contribution in [3.63, 3.8) is 0 Å². The lowest BCUT2D eigenvalue weighted by atomic mass is 9.59. The summed E-state index contributed by atoms with van der Waals surface area (Å²) in [5, 5.41) is 47.9. The van der Waals surface area contributed by atoms with E-state index in [1.54, 1.807) is 25.1 Å². The summed E-state index contributed by atoms with van der Waals surface area (Å²) in [7, 11) is 3.59. The lowest BCUT2D eigenvalue weighted by molar-refractivity contribution is -0.147. The number of anilines is 2. The predicted molar refractivity (Wildman–Crippen MR) is 148 cm³/mol. The van der Waals surface area contributed by atoms with Crippen LogP contribution in [-0.4, -0.2) is 69.6 Å². The van der Waals surface area contributed by atoms with Gasteiger partial charge in [0.05, 0.1) is 17.3 Å². The standard InChI is InChI=1S/C28H35N5O7/c1-33(2)17-11-16(32-27(30)31-14-6-4-3-5-7-14)22(35)20-15(17)9-12-8-13-10-18(34)21(26(29)39)25(38)28(13,40)24(37)19(12)23(20)36/h11-14,35-36,38,40H,3-10H2,1-2H3,(H2,29,39)(H3,30,31,32)/t12-,13+,28+/m1/s1. The highest BCUT2D eigenvalue weighted by molar-refractivity contribution is 6.22. The molecule has 2 saturated carbocycles. The number of hydrogen-bond donors (Lipinski definition) is 7. The number of aromatic hydroxyl groups is 1. The molecule has 0 bridgehead atoms. The summed E-state index contributed by atoms with van der Waals surface area (Å²) in [5.74, 6) is -6.59. The fourth-order valence-electron chi connectivity index (χ4n) is 6.74. The molecule has 4 aliphatic carbocycles. The van der Waals surface area contributed by atoms with Gasteiger partial charge in [0.15, 0.2) is 17.3 Å². The van der Waals surface area contributed by atoms with E-state index in [1.807, 2.05) is 0 Å². The number of nitrogens with zero attached hydrogens (tertiary/aromatic N) is 2. The van der Waals surface area contributed by atoms with Crippen molar-refractivity contribution in [1.29, 1.82) is 0 Å². The Morgan fingerprint density at radius 2 is 1.77 bits per heavy atom. The summed E-state index contributed by atoms with van der Waals surface area (Å²) in [5.41, 5.74) is 9.19. The lowest BCUT2D eigenvalue weighted by Gasteiger charge is -2.46. The molecular formula is C28H35N5O7. The molecule has 214 valence electrons. The number of benzene rings is 1. The molecule has 5 rings (SSSR count). The van der Waals surface area contributed by atoms with E-state index in [0.29, 0.717) is 11.3 Å². The molecular weight excluding hydrogens is 518 g/mol. The Bertz CT molecular complexity index is 1410. The zero-order valence-corrected chi connectivity index (χ0v) is 22.5. The summed E-state index contributed by atoms with van der Waals surface area (Å²) in [6.45, 7) is 0. The molecule has 1 amide bonds. The Labute approximate surface area is 231 Å². The number of phenols is 1. The average Bonchev–Trinajstić information content (AvgIpc) is 2.88. The maximum atomic E-state index is 13.8. The van der Waals surface area contributed by atoms with Gasteiger partial charge in [0.2, 0.25) is 5.78 Å². The zero-order chi connectivity index (χ0) is 29.1. The number of amides is 1. The van der Waals surface area contributed by atoms with Gasteiger partial charge in [-0.1, -0.05) is 19.3 Å². The Morgan fingerprint density at radius 1 is 1.10 bits per heavy atom. The van der Waals surface area contributed by atoms with Gasteiger partial charge in [0, 0.05) is 37.7 Å². The molecule has 4 aliphatic rings. The van der Waals surface area contributed by atoms with Crippen molar-refractivity contribution in [2.75, 3.05) is 24.3 Å². The summed E-state index contributed by atoms with van der Waals surface area (Å²) in [4.78, 5) is 44.5. The number of aliphatic hydroxyl groups excluding tert-OH is 2. The van der Waals surface area contributed by atoms with E-state index in [0.717, 1.165) is 32.1 Å². The monoisotopic (exact) mass is 553 g/mol. The van der Waals surface area contributed by atoms with Crippen molar-refractivity contribution in [2.24, 2.45) is 28.3 Å².